The summed E-state index contributed by atoms with van der Waals surface area (Å²) in [5, 5.41) is 15.6. The number of hydroxylamine groups is 2. The molecular weight excluding hydrogens is 596 g/mol. The SMILES string of the molecule is C=C(C)[C@@H]1[C@H](CO)ON(Cc2cccc(CN(Cc3ccccc3)[C@@H](CC(C)C)CN(C)C)c2)[C@@H]1C(=O)N[C@H]1C[C@H]2C[C@@H]([C@@H]1C)C2(C)C. The topological polar surface area (TPSA) is 68.3 Å². The van der Waals surface area contributed by atoms with Crippen molar-refractivity contribution in [2.24, 2.45) is 35.0 Å². The number of aliphatic hydroxyl groups is 1. The Labute approximate surface area is 290 Å². The predicted octanol–water partition coefficient (Wildman–Crippen LogP) is 6.52. The van der Waals surface area contributed by atoms with E-state index in [0.717, 1.165) is 43.6 Å². The molecule has 4 aliphatic rings. The number of carbonyl (C=O) groups is 1. The van der Waals surface area contributed by atoms with Crippen molar-refractivity contribution in [3.05, 3.63) is 83.4 Å². The third kappa shape index (κ3) is 8.24. The van der Waals surface area contributed by atoms with E-state index in [4.69, 9.17) is 4.84 Å². The Hall–Kier alpha value is -2.55. The number of hydrogen-bond donors (Lipinski definition) is 2. The minimum absolute atomic E-state index is 0.0136. The maximum atomic E-state index is 14.2. The van der Waals surface area contributed by atoms with Crippen molar-refractivity contribution in [3.63, 3.8) is 0 Å². The van der Waals surface area contributed by atoms with Crippen LogP contribution in [0.25, 0.3) is 0 Å². The van der Waals surface area contributed by atoms with Gasteiger partial charge in [0.05, 0.1) is 13.2 Å². The summed E-state index contributed by atoms with van der Waals surface area (Å²) in [5.41, 5.74) is 4.86. The molecule has 7 heteroatoms. The van der Waals surface area contributed by atoms with Crippen LogP contribution in [0.2, 0.25) is 0 Å². The van der Waals surface area contributed by atoms with E-state index < -0.39 is 12.1 Å². The molecule has 2 bridgehead atoms. The Balaban J connectivity index is 1.35. The third-order valence-corrected chi connectivity index (χ3v) is 11.8. The van der Waals surface area contributed by atoms with Crippen LogP contribution >= 0.6 is 0 Å². The molecule has 6 rings (SSSR count). The van der Waals surface area contributed by atoms with Gasteiger partial charge in [0.15, 0.2) is 0 Å². The summed E-state index contributed by atoms with van der Waals surface area (Å²) in [5.74, 6) is 2.02. The first-order valence-electron chi connectivity index (χ1n) is 18.3. The zero-order valence-corrected chi connectivity index (χ0v) is 30.9. The lowest BCUT2D eigenvalue weighted by atomic mass is 9.45. The molecule has 1 amide bonds. The zero-order chi connectivity index (χ0) is 34.7. The minimum atomic E-state index is -0.549. The Morgan fingerprint density at radius 1 is 1.06 bits per heavy atom. The van der Waals surface area contributed by atoms with Crippen molar-refractivity contribution in [3.8, 4) is 0 Å². The van der Waals surface area contributed by atoms with Crippen molar-refractivity contribution in [2.45, 2.75) is 105 Å². The summed E-state index contributed by atoms with van der Waals surface area (Å²) in [6.07, 6.45) is 2.92. The normalized spacial score (nSPS) is 28.9. The molecule has 0 spiro atoms. The van der Waals surface area contributed by atoms with Gasteiger partial charge in [0, 0.05) is 37.6 Å². The van der Waals surface area contributed by atoms with Gasteiger partial charge in [-0.2, -0.15) is 5.06 Å². The van der Waals surface area contributed by atoms with E-state index in [1.54, 1.807) is 0 Å². The monoisotopic (exact) mass is 658 g/mol. The standard InChI is InChI=1S/C41H62N4O3/c1-27(2)18-34(25-43(8)9)44(22-30-14-11-10-12-15-30)23-31-16-13-17-32(19-31)24-45-39(38(28(3)4)37(26-46)48-45)40(47)42-36-21-33-20-35(29(36)5)41(33,6)7/h10-17,19,27,29,33-39,46H,3,18,20-26H2,1-2,4-9H3,(H,42,47)/t29-,33+,34-,35-,36-,37-,38+,39-/m0/s1. The number of nitrogens with zero attached hydrogens (tertiary/aromatic N) is 3. The highest BCUT2D eigenvalue weighted by Crippen LogP contribution is 2.61. The Bertz CT molecular complexity index is 1370. The average Bonchev–Trinajstić information content (AvgIpc) is 3.40. The second-order valence-corrected chi connectivity index (χ2v) is 16.5. The summed E-state index contributed by atoms with van der Waals surface area (Å²) < 4.78 is 0. The van der Waals surface area contributed by atoms with Crippen LogP contribution in [0.3, 0.4) is 0 Å². The molecule has 0 radical (unpaired) electrons. The maximum absolute atomic E-state index is 14.2. The van der Waals surface area contributed by atoms with Gasteiger partial charge in [-0.3, -0.25) is 14.5 Å². The molecular formula is C41H62N4O3. The molecule has 2 aromatic carbocycles. The summed E-state index contributed by atoms with van der Waals surface area (Å²) in [4.78, 5) is 25.5. The van der Waals surface area contributed by atoms with Crippen LogP contribution in [0.15, 0.2) is 66.7 Å². The van der Waals surface area contributed by atoms with E-state index in [1.165, 1.54) is 17.5 Å². The highest BCUT2D eigenvalue weighted by Gasteiger charge is 2.57. The number of likely N-dealkylation sites (N-methyl/N-ethyl adjacent to an activating group) is 1. The van der Waals surface area contributed by atoms with Crippen molar-refractivity contribution in [1.29, 1.82) is 0 Å². The van der Waals surface area contributed by atoms with Gasteiger partial charge in [0.1, 0.15) is 12.1 Å². The molecule has 4 fully saturated rings. The lowest BCUT2D eigenvalue weighted by Crippen LogP contribution is -2.62. The number of benzene rings is 2. The van der Waals surface area contributed by atoms with Gasteiger partial charge < -0.3 is 15.3 Å². The van der Waals surface area contributed by atoms with E-state index in [2.05, 4.69) is 125 Å². The first-order valence-corrected chi connectivity index (χ1v) is 18.3. The second-order valence-electron chi connectivity index (χ2n) is 16.5. The summed E-state index contributed by atoms with van der Waals surface area (Å²) in [6, 6.07) is 19.5. The number of fused-ring (bicyclic) bond motifs is 2. The number of hydrogen-bond acceptors (Lipinski definition) is 6. The number of amides is 1. The van der Waals surface area contributed by atoms with Gasteiger partial charge in [-0.15, -0.1) is 0 Å². The highest BCUT2D eigenvalue weighted by atomic mass is 16.7. The van der Waals surface area contributed by atoms with E-state index >= 15 is 0 Å². The molecule has 8 atom stereocenters. The van der Waals surface area contributed by atoms with E-state index in [-0.39, 0.29) is 24.5 Å². The fourth-order valence-corrected chi connectivity index (χ4v) is 9.14. The summed E-state index contributed by atoms with van der Waals surface area (Å²) in [6.45, 7) is 20.9. The van der Waals surface area contributed by atoms with Crippen LogP contribution in [0.1, 0.15) is 77.5 Å². The van der Waals surface area contributed by atoms with Crippen LogP contribution in [0, 0.1) is 35.0 Å². The molecule has 0 unspecified atom stereocenters. The van der Waals surface area contributed by atoms with Crippen molar-refractivity contribution >= 4 is 5.91 Å². The lowest BCUT2D eigenvalue weighted by Gasteiger charge is -2.62. The van der Waals surface area contributed by atoms with Crippen molar-refractivity contribution in [2.75, 3.05) is 27.2 Å². The largest absolute Gasteiger partial charge is 0.394 e. The van der Waals surface area contributed by atoms with Crippen LogP contribution in [0.4, 0.5) is 0 Å². The van der Waals surface area contributed by atoms with Gasteiger partial charge in [-0.05, 0) is 86.1 Å². The second kappa shape index (κ2) is 15.6. The lowest BCUT2D eigenvalue weighted by molar-refractivity contribution is -0.183. The fraction of sp³-hybridized carbons (Fsp3) is 0.634. The molecule has 2 N–H and O–H groups in total. The van der Waals surface area contributed by atoms with E-state index in [1.807, 2.05) is 12.0 Å². The number of nitrogens with one attached hydrogen (secondary N) is 1. The average molecular weight is 659 g/mol. The van der Waals surface area contributed by atoms with Crippen LogP contribution < -0.4 is 5.32 Å². The third-order valence-electron chi connectivity index (χ3n) is 11.8. The van der Waals surface area contributed by atoms with Crippen molar-refractivity contribution in [1.82, 2.24) is 20.2 Å². The first kappa shape index (κ1) is 36.7. The Morgan fingerprint density at radius 3 is 2.33 bits per heavy atom. The molecule has 3 saturated carbocycles. The minimum Gasteiger partial charge on any atom is -0.394 e. The molecule has 48 heavy (non-hydrogen) atoms. The van der Waals surface area contributed by atoms with Gasteiger partial charge in [0.2, 0.25) is 5.91 Å². The Morgan fingerprint density at radius 2 is 1.73 bits per heavy atom. The Kier molecular flexibility index (Phi) is 11.9. The molecule has 3 aliphatic carbocycles. The van der Waals surface area contributed by atoms with Crippen LogP contribution in [0.5, 0.6) is 0 Å². The molecule has 7 nitrogen and oxygen atoms in total. The van der Waals surface area contributed by atoms with E-state index in [9.17, 15) is 9.90 Å². The smallest absolute Gasteiger partial charge is 0.240 e. The highest BCUT2D eigenvalue weighted by molar-refractivity contribution is 5.83. The predicted molar refractivity (Wildman–Crippen MR) is 195 cm³/mol. The molecule has 2 aromatic rings. The molecule has 1 saturated heterocycles. The van der Waals surface area contributed by atoms with Crippen LogP contribution in [-0.4, -0.2) is 77.4 Å². The quantitative estimate of drug-likeness (QED) is 0.213. The summed E-state index contributed by atoms with van der Waals surface area (Å²) >= 11 is 0. The number of carbonyl (C=O) groups excluding carboxylic acids is 1. The fourth-order valence-electron chi connectivity index (χ4n) is 9.14. The summed E-state index contributed by atoms with van der Waals surface area (Å²) in [7, 11) is 4.32. The maximum Gasteiger partial charge on any atom is 0.240 e. The number of aliphatic hydroxyl groups excluding tert-OH is 1. The van der Waals surface area contributed by atoms with Gasteiger partial charge in [0.25, 0.3) is 0 Å². The molecule has 264 valence electrons. The number of rotatable bonds is 15. The van der Waals surface area contributed by atoms with Gasteiger partial charge in [-0.25, -0.2) is 0 Å². The molecule has 0 aromatic heterocycles. The molecule has 1 heterocycles. The molecule has 1 aliphatic heterocycles. The van der Waals surface area contributed by atoms with Crippen LogP contribution in [-0.2, 0) is 29.3 Å². The van der Waals surface area contributed by atoms with Gasteiger partial charge in [-0.1, -0.05) is 101 Å². The van der Waals surface area contributed by atoms with Gasteiger partial charge >= 0.3 is 0 Å². The van der Waals surface area contributed by atoms with E-state index in [0.29, 0.717) is 41.7 Å². The van der Waals surface area contributed by atoms with Crippen molar-refractivity contribution < 1.29 is 14.7 Å². The zero-order valence-electron chi connectivity index (χ0n) is 30.9. The first-order chi connectivity index (χ1) is 22.8.